The number of hydrogen-bond acceptors (Lipinski definition) is 4. The largest absolute Gasteiger partial charge is 0.387 e. The van der Waals surface area contributed by atoms with Gasteiger partial charge in [-0.3, -0.25) is 10.5 Å². The number of nitrogens with one attached hydrogen (secondary N) is 2. The monoisotopic (exact) mass is 259 g/mol. The number of amidine groups is 1. The van der Waals surface area contributed by atoms with Crippen LogP contribution >= 0.6 is 0 Å². The lowest BCUT2D eigenvalue weighted by molar-refractivity contribution is 0.389. The predicted molar refractivity (Wildman–Crippen MR) is 64.3 cm³/mol. The second kappa shape index (κ2) is 4.84. The van der Waals surface area contributed by atoms with Gasteiger partial charge in [0.1, 0.15) is 10.7 Å². The Labute approximate surface area is 101 Å². The van der Waals surface area contributed by atoms with Crippen LogP contribution in [0.3, 0.4) is 0 Å². The van der Waals surface area contributed by atoms with E-state index in [4.69, 9.17) is 11.1 Å². The Morgan fingerprint density at radius 1 is 1.65 bits per heavy atom. The van der Waals surface area contributed by atoms with E-state index in [0.717, 1.165) is 0 Å². The van der Waals surface area contributed by atoms with E-state index in [2.05, 4.69) is 10.2 Å². The molecule has 0 aliphatic rings. The summed E-state index contributed by atoms with van der Waals surface area (Å²) >= 11 is 0. The zero-order valence-electron chi connectivity index (χ0n) is 10.1. The maximum Gasteiger partial charge on any atom is 0.247 e. The fraction of sp³-hybridized carbons (Fsp3) is 0.556. The molecule has 1 heterocycles. The number of H-pyrrole nitrogens is 1. The fourth-order valence-corrected chi connectivity index (χ4v) is 3.17. The van der Waals surface area contributed by atoms with Gasteiger partial charge in [0.2, 0.25) is 10.0 Å². The third-order valence-corrected chi connectivity index (χ3v) is 4.41. The van der Waals surface area contributed by atoms with Gasteiger partial charge in [-0.1, -0.05) is 0 Å². The third-order valence-electron chi connectivity index (χ3n) is 2.27. The van der Waals surface area contributed by atoms with Crippen LogP contribution in [0.15, 0.2) is 11.1 Å². The van der Waals surface area contributed by atoms with Gasteiger partial charge < -0.3 is 5.73 Å². The summed E-state index contributed by atoms with van der Waals surface area (Å²) in [5.74, 6) is -0.191. The Balaban J connectivity index is 3.18. The highest BCUT2D eigenvalue weighted by Crippen LogP contribution is 2.19. The average molecular weight is 259 g/mol. The normalized spacial score (nSPS) is 12.3. The van der Waals surface area contributed by atoms with E-state index in [-0.39, 0.29) is 23.3 Å². The number of aryl methyl sites for hydroxylation is 1. The van der Waals surface area contributed by atoms with Crippen LogP contribution in [0.4, 0.5) is 0 Å². The van der Waals surface area contributed by atoms with Crippen LogP contribution in [0.25, 0.3) is 0 Å². The second-order valence-corrected chi connectivity index (χ2v) is 5.89. The predicted octanol–water partition coefficient (Wildman–Crippen LogP) is 0.0532. The smallest absolute Gasteiger partial charge is 0.247 e. The summed E-state index contributed by atoms with van der Waals surface area (Å²) in [5.41, 5.74) is 5.74. The fourth-order valence-electron chi connectivity index (χ4n) is 1.44. The molecule has 0 amide bonds. The summed E-state index contributed by atoms with van der Waals surface area (Å²) in [4.78, 5) is 0.118. The summed E-state index contributed by atoms with van der Waals surface area (Å²) in [6, 6.07) is -0.279. The molecular weight excluding hydrogens is 242 g/mol. The van der Waals surface area contributed by atoms with Crippen molar-refractivity contribution < 1.29 is 8.42 Å². The van der Waals surface area contributed by atoms with Gasteiger partial charge in [-0.25, -0.2) is 8.42 Å². The molecule has 4 N–H and O–H groups in total. The summed E-state index contributed by atoms with van der Waals surface area (Å²) in [7, 11) is -3.66. The highest BCUT2D eigenvalue weighted by atomic mass is 32.2. The van der Waals surface area contributed by atoms with Crippen molar-refractivity contribution in [3.63, 3.8) is 0 Å². The minimum Gasteiger partial charge on any atom is -0.387 e. The van der Waals surface area contributed by atoms with Crippen molar-refractivity contribution >= 4 is 15.9 Å². The van der Waals surface area contributed by atoms with Crippen molar-refractivity contribution in [2.45, 2.75) is 31.7 Å². The van der Waals surface area contributed by atoms with Crippen molar-refractivity contribution in [2.24, 2.45) is 5.73 Å². The van der Waals surface area contributed by atoms with Crippen LogP contribution in [-0.4, -0.2) is 41.3 Å². The molecule has 0 fully saturated rings. The van der Waals surface area contributed by atoms with Gasteiger partial charge in [-0.15, -0.1) is 0 Å². The van der Waals surface area contributed by atoms with Crippen LogP contribution < -0.4 is 5.73 Å². The maximum atomic E-state index is 12.3. The molecule has 17 heavy (non-hydrogen) atoms. The van der Waals surface area contributed by atoms with Crippen LogP contribution in [0.2, 0.25) is 0 Å². The molecule has 0 saturated carbocycles. The Bertz CT molecular complexity index is 505. The minimum atomic E-state index is -3.66. The van der Waals surface area contributed by atoms with Crippen molar-refractivity contribution in [3.8, 4) is 0 Å². The van der Waals surface area contributed by atoms with Crippen LogP contribution in [0.1, 0.15) is 19.5 Å². The van der Waals surface area contributed by atoms with Crippen molar-refractivity contribution in [2.75, 3.05) is 6.54 Å². The van der Waals surface area contributed by atoms with E-state index in [1.165, 1.54) is 10.5 Å². The Hall–Kier alpha value is -1.41. The molecule has 96 valence electrons. The second-order valence-electron chi connectivity index (χ2n) is 4.03. The zero-order valence-corrected chi connectivity index (χ0v) is 10.9. The van der Waals surface area contributed by atoms with Crippen LogP contribution in [-0.2, 0) is 10.0 Å². The molecule has 0 unspecified atom stereocenters. The SMILES string of the molecule is Cc1[nH]ncc1S(=O)(=O)N(CC(=N)N)C(C)C. The number of aromatic amines is 1. The maximum absolute atomic E-state index is 12.3. The molecule has 0 aliphatic carbocycles. The number of hydrogen-bond donors (Lipinski definition) is 3. The molecular formula is C9H17N5O2S. The van der Waals surface area contributed by atoms with Gasteiger partial charge in [-0.2, -0.15) is 9.40 Å². The Kier molecular flexibility index (Phi) is 3.89. The molecule has 0 saturated heterocycles. The van der Waals surface area contributed by atoms with E-state index >= 15 is 0 Å². The number of rotatable bonds is 5. The molecule has 0 aliphatic heterocycles. The third kappa shape index (κ3) is 2.83. The zero-order chi connectivity index (χ0) is 13.2. The topological polar surface area (TPSA) is 116 Å². The van der Waals surface area contributed by atoms with Gasteiger partial charge >= 0.3 is 0 Å². The van der Waals surface area contributed by atoms with Crippen molar-refractivity contribution in [1.29, 1.82) is 5.41 Å². The van der Waals surface area contributed by atoms with Crippen LogP contribution in [0, 0.1) is 12.3 Å². The molecule has 0 bridgehead atoms. The molecule has 0 atom stereocenters. The lowest BCUT2D eigenvalue weighted by Crippen LogP contribution is -2.42. The van der Waals surface area contributed by atoms with Gasteiger partial charge in [0, 0.05) is 6.04 Å². The first-order chi connectivity index (χ1) is 7.76. The van der Waals surface area contributed by atoms with Gasteiger partial charge in [0.05, 0.1) is 18.4 Å². The summed E-state index contributed by atoms with van der Waals surface area (Å²) in [6.45, 7) is 4.97. The lowest BCUT2D eigenvalue weighted by Gasteiger charge is -2.24. The summed E-state index contributed by atoms with van der Waals surface area (Å²) in [6.07, 6.45) is 1.26. The van der Waals surface area contributed by atoms with E-state index in [1.54, 1.807) is 20.8 Å². The number of nitrogens with two attached hydrogens (primary N) is 1. The highest BCUT2D eigenvalue weighted by molar-refractivity contribution is 7.89. The van der Waals surface area contributed by atoms with Gasteiger partial charge in [-0.05, 0) is 20.8 Å². The molecule has 0 spiro atoms. The molecule has 0 aromatic carbocycles. The minimum absolute atomic E-state index is 0.118. The van der Waals surface area contributed by atoms with E-state index in [9.17, 15) is 8.42 Å². The number of nitrogens with zero attached hydrogens (tertiary/aromatic N) is 2. The van der Waals surface area contributed by atoms with E-state index in [1.807, 2.05) is 0 Å². The summed E-state index contributed by atoms with van der Waals surface area (Å²) < 4.78 is 25.8. The molecule has 7 nitrogen and oxygen atoms in total. The van der Waals surface area contributed by atoms with E-state index in [0.29, 0.717) is 5.69 Å². The number of aromatic nitrogens is 2. The molecule has 8 heteroatoms. The van der Waals surface area contributed by atoms with Gasteiger partial charge in [0.15, 0.2) is 0 Å². The molecule has 0 radical (unpaired) electrons. The van der Waals surface area contributed by atoms with Crippen molar-refractivity contribution in [3.05, 3.63) is 11.9 Å². The first-order valence-electron chi connectivity index (χ1n) is 5.11. The summed E-state index contributed by atoms with van der Waals surface area (Å²) in [5, 5.41) is 13.5. The van der Waals surface area contributed by atoms with Crippen LogP contribution in [0.5, 0.6) is 0 Å². The standard InChI is InChI=1S/C9H17N5O2S/c1-6(2)14(5-9(10)11)17(15,16)8-4-12-13-7(8)3/h4,6H,5H2,1-3H3,(H3,10,11)(H,12,13). The van der Waals surface area contributed by atoms with Crippen molar-refractivity contribution in [1.82, 2.24) is 14.5 Å². The first kappa shape index (κ1) is 13.7. The number of sulfonamides is 1. The molecule has 1 aromatic rings. The quantitative estimate of drug-likeness (QED) is 0.512. The molecule has 1 aromatic heterocycles. The highest BCUT2D eigenvalue weighted by Gasteiger charge is 2.29. The molecule has 1 rings (SSSR count). The van der Waals surface area contributed by atoms with Gasteiger partial charge in [0.25, 0.3) is 0 Å². The average Bonchev–Trinajstić information content (AvgIpc) is 2.60. The first-order valence-corrected chi connectivity index (χ1v) is 6.55. The Morgan fingerprint density at radius 2 is 2.24 bits per heavy atom. The van der Waals surface area contributed by atoms with E-state index < -0.39 is 10.0 Å². The lowest BCUT2D eigenvalue weighted by atomic mass is 10.4. The Morgan fingerprint density at radius 3 is 2.59 bits per heavy atom.